The number of hydrogen-bond acceptors (Lipinski definition) is 5. The molecule has 4 N–H and O–H groups in total. The highest BCUT2D eigenvalue weighted by atomic mass is 32.2. The molecule has 0 radical (unpaired) electrons. The molecule has 0 amide bonds. The van der Waals surface area contributed by atoms with Gasteiger partial charge in [-0.2, -0.15) is 0 Å². The zero-order valence-electron chi connectivity index (χ0n) is 16.3. The molecule has 0 fully saturated rings. The van der Waals surface area contributed by atoms with Crippen molar-refractivity contribution < 1.29 is 17.9 Å². The molecular weight excluding hydrogens is 392 g/mol. The van der Waals surface area contributed by atoms with E-state index in [0.29, 0.717) is 13.0 Å². The quantitative estimate of drug-likeness (QED) is 0.441. The van der Waals surface area contributed by atoms with Gasteiger partial charge < -0.3 is 20.1 Å². The summed E-state index contributed by atoms with van der Waals surface area (Å²) >= 11 is 0. The van der Waals surface area contributed by atoms with Crippen molar-refractivity contribution in [3.63, 3.8) is 0 Å². The molecule has 1 aliphatic heterocycles. The Morgan fingerprint density at radius 1 is 1.03 bits per heavy atom. The first kappa shape index (κ1) is 20.9. The molecule has 8 nitrogen and oxygen atoms in total. The molecular formula is C20H26N4O4S. The summed E-state index contributed by atoms with van der Waals surface area (Å²) in [6.45, 7) is 4.36. The molecule has 3 rings (SSSR count). The Bertz CT molecular complexity index is 959. The number of hydrogen-bond donors (Lipinski definition) is 3. The van der Waals surface area contributed by atoms with Gasteiger partial charge in [0.25, 0.3) is 0 Å². The molecule has 29 heavy (non-hydrogen) atoms. The van der Waals surface area contributed by atoms with Gasteiger partial charge in [0.05, 0.1) is 4.90 Å². The molecule has 0 saturated carbocycles. The zero-order chi connectivity index (χ0) is 20.7. The van der Waals surface area contributed by atoms with E-state index in [1.165, 1.54) is 12.1 Å². The molecule has 0 aromatic heterocycles. The largest absolute Gasteiger partial charge is 0.454 e. The predicted octanol–water partition coefficient (Wildman–Crippen LogP) is 1.40. The summed E-state index contributed by atoms with van der Waals surface area (Å²) in [4.78, 5) is 4.69. The second-order valence-electron chi connectivity index (χ2n) is 6.56. The first-order chi connectivity index (χ1) is 14.0. The van der Waals surface area contributed by atoms with Crippen molar-refractivity contribution in [3.8, 4) is 11.5 Å². The number of sulfonamides is 1. The summed E-state index contributed by atoms with van der Waals surface area (Å²) in [5.41, 5.74) is 2.16. The van der Waals surface area contributed by atoms with E-state index in [-0.39, 0.29) is 11.7 Å². The summed E-state index contributed by atoms with van der Waals surface area (Å²) in [5, 5.41) is 11.7. The average Bonchev–Trinajstić information content (AvgIpc) is 3.15. The van der Waals surface area contributed by atoms with Crippen molar-refractivity contribution in [1.29, 1.82) is 0 Å². The van der Waals surface area contributed by atoms with Gasteiger partial charge >= 0.3 is 0 Å². The van der Waals surface area contributed by atoms with Gasteiger partial charge in [0, 0.05) is 19.6 Å². The van der Waals surface area contributed by atoms with Crippen LogP contribution in [0.3, 0.4) is 0 Å². The van der Waals surface area contributed by atoms with Gasteiger partial charge in [-0.05, 0) is 55.2 Å². The van der Waals surface area contributed by atoms with Crippen LogP contribution in [0.2, 0.25) is 0 Å². The van der Waals surface area contributed by atoms with E-state index in [1.54, 1.807) is 12.1 Å². The fourth-order valence-electron chi connectivity index (χ4n) is 2.91. The minimum atomic E-state index is -3.66. The number of nitrogens with one attached hydrogen (secondary N) is 2. The number of nitrogens with zero attached hydrogens (tertiary/aromatic N) is 1. The number of primary sulfonamides is 1. The van der Waals surface area contributed by atoms with Crippen LogP contribution < -0.4 is 25.2 Å². The van der Waals surface area contributed by atoms with Crippen molar-refractivity contribution in [1.82, 2.24) is 10.6 Å². The molecule has 156 valence electrons. The van der Waals surface area contributed by atoms with Crippen molar-refractivity contribution in [2.24, 2.45) is 10.1 Å². The van der Waals surface area contributed by atoms with Gasteiger partial charge in [0.15, 0.2) is 17.5 Å². The number of guanidine groups is 1. The Labute approximate surface area is 171 Å². The Morgan fingerprint density at radius 2 is 1.76 bits per heavy atom. The summed E-state index contributed by atoms with van der Waals surface area (Å²) in [5.74, 6) is 2.32. The molecule has 2 aromatic rings. The van der Waals surface area contributed by atoms with Crippen LogP contribution in [-0.4, -0.2) is 40.8 Å². The molecule has 1 heterocycles. The van der Waals surface area contributed by atoms with E-state index in [1.807, 2.05) is 25.1 Å². The topological polar surface area (TPSA) is 115 Å². The van der Waals surface area contributed by atoms with Crippen LogP contribution in [0.15, 0.2) is 52.4 Å². The van der Waals surface area contributed by atoms with Crippen molar-refractivity contribution in [2.45, 2.75) is 24.7 Å². The SMILES string of the molecule is CCNC(=NCCc1ccc(S(N)(=O)=O)cc1)NCCc1ccc2c(c1)OCO2. The van der Waals surface area contributed by atoms with Crippen molar-refractivity contribution in [3.05, 3.63) is 53.6 Å². The fraction of sp³-hybridized carbons (Fsp3) is 0.350. The number of fused-ring (bicyclic) bond motifs is 1. The molecule has 9 heteroatoms. The van der Waals surface area contributed by atoms with Crippen LogP contribution in [0.4, 0.5) is 0 Å². The van der Waals surface area contributed by atoms with E-state index >= 15 is 0 Å². The minimum Gasteiger partial charge on any atom is -0.454 e. The lowest BCUT2D eigenvalue weighted by atomic mass is 10.1. The highest BCUT2D eigenvalue weighted by Gasteiger charge is 2.13. The van der Waals surface area contributed by atoms with Crippen LogP contribution in [0.1, 0.15) is 18.1 Å². The van der Waals surface area contributed by atoms with Crippen LogP contribution in [0, 0.1) is 0 Å². The Morgan fingerprint density at radius 3 is 2.48 bits per heavy atom. The third-order valence-corrected chi connectivity index (χ3v) is 5.34. The maximum atomic E-state index is 11.3. The predicted molar refractivity (Wildman–Crippen MR) is 112 cm³/mol. The molecule has 0 bridgehead atoms. The van der Waals surface area contributed by atoms with Crippen molar-refractivity contribution >= 4 is 16.0 Å². The van der Waals surface area contributed by atoms with E-state index in [9.17, 15) is 8.42 Å². The summed E-state index contributed by atoms with van der Waals surface area (Å²) in [7, 11) is -3.66. The lowest BCUT2D eigenvalue weighted by molar-refractivity contribution is 0.174. The summed E-state index contributed by atoms with van der Waals surface area (Å²) in [6, 6.07) is 12.5. The second-order valence-corrected chi connectivity index (χ2v) is 8.13. The second kappa shape index (κ2) is 9.62. The number of rotatable bonds is 8. The fourth-order valence-corrected chi connectivity index (χ4v) is 3.42. The molecule has 0 saturated heterocycles. The van der Waals surface area contributed by atoms with E-state index in [4.69, 9.17) is 14.6 Å². The van der Waals surface area contributed by atoms with Crippen molar-refractivity contribution in [2.75, 3.05) is 26.4 Å². The highest BCUT2D eigenvalue weighted by molar-refractivity contribution is 7.89. The average molecular weight is 419 g/mol. The third-order valence-electron chi connectivity index (χ3n) is 4.41. The van der Waals surface area contributed by atoms with Gasteiger partial charge in [0.2, 0.25) is 16.8 Å². The lowest BCUT2D eigenvalue weighted by Crippen LogP contribution is -2.38. The van der Waals surface area contributed by atoms with E-state index in [0.717, 1.165) is 48.1 Å². The van der Waals surface area contributed by atoms with Gasteiger partial charge in [-0.15, -0.1) is 0 Å². The molecule has 0 spiro atoms. The van der Waals surface area contributed by atoms with E-state index < -0.39 is 10.0 Å². The monoisotopic (exact) mass is 418 g/mol. The Balaban J connectivity index is 1.49. The summed E-state index contributed by atoms with van der Waals surface area (Å²) < 4.78 is 33.3. The Kier molecular flexibility index (Phi) is 6.95. The van der Waals surface area contributed by atoms with Gasteiger partial charge in [-0.3, -0.25) is 4.99 Å². The van der Waals surface area contributed by atoms with Gasteiger partial charge in [-0.25, -0.2) is 13.6 Å². The molecule has 1 aliphatic rings. The van der Waals surface area contributed by atoms with Gasteiger partial charge in [0.1, 0.15) is 0 Å². The first-order valence-corrected chi connectivity index (χ1v) is 11.0. The van der Waals surface area contributed by atoms with Crippen LogP contribution in [0.25, 0.3) is 0 Å². The maximum Gasteiger partial charge on any atom is 0.238 e. The van der Waals surface area contributed by atoms with Crippen LogP contribution >= 0.6 is 0 Å². The summed E-state index contributed by atoms with van der Waals surface area (Å²) in [6.07, 6.45) is 1.53. The minimum absolute atomic E-state index is 0.114. The smallest absolute Gasteiger partial charge is 0.238 e. The van der Waals surface area contributed by atoms with E-state index in [2.05, 4.69) is 15.6 Å². The number of ether oxygens (including phenoxy) is 2. The maximum absolute atomic E-state index is 11.3. The van der Waals surface area contributed by atoms with Crippen LogP contribution in [-0.2, 0) is 22.9 Å². The number of aliphatic imine (C=N–C) groups is 1. The molecule has 0 aliphatic carbocycles. The first-order valence-electron chi connectivity index (χ1n) is 9.48. The molecule has 0 atom stereocenters. The lowest BCUT2D eigenvalue weighted by Gasteiger charge is -2.11. The third kappa shape index (κ3) is 6.10. The number of nitrogens with two attached hydrogens (primary N) is 1. The van der Waals surface area contributed by atoms with Gasteiger partial charge in [-0.1, -0.05) is 18.2 Å². The molecule has 0 unspecified atom stereocenters. The Hall–Kier alpha value is -2.78. The number of benzene rings is 2. The highest BCUT2D eigenvalue weighted by Crippen LogP contribution is 2.32. The zero-order valence-corrected chi connectivity index (χ0v) is 17.2. The molecule has 2 aromatic carbocycles. The standard InChI is InChI=1S/C20H26N4O4S/c1-2-22-20(23-11-9-15-3-6-17(7-4-15)29(21,25)26)24-12-10-16-5-8-18-19(13-16)28-14-27-18/h3-8,13H,2,9-12,14H2,1H3,(H2,21,25,26)(H2,22,23,24). The normalized spacial score (nSPS) is 13.4. The van der Waals surface area contributed by atoms with Crippen LogP contribution in [0.5, 0.6) is 11.5 Å².